The average Bonchev–Trinajstić information content (AvgIpc) is 3.20. The molecule has 0 aliphatic heterocycles. The molecule has 3 aromatic rings. The highest BCUT2D eigenvalue weighted by atomic mass is 35.5. The van der Waals surface area contributed by atoms with Crippen molar-refractivity contribution in [2.24, 2.45) is 0 Å². The van der Waals surface area contributed by atoms with Gasteiger partial charge in [-0.05, 0) is 42.3 Å². The largest absolute Gasteiger partial charge is 0.482 e. The van der Waals surface area contributed by atoms with Crippen LogP contribution in [-0.2, 0) is 17.9 Å². The van der Waals surface area contributed by atoms with E-state index in [-0.39, 0.29) is 24.2 Å². The molecule has 1 N–H and O–H groups in total. The number of esters is 1. The maximum absolute atomic E-state index is 11.4. The van der Waals surface area contributed by atoms with Crippen molar-refractivity contribution in [3.05, 3.63) is 81.5 Å². The monoisotopic (exact) mass is 434 g/mol. The van der Waals surface area contributed by atoms with Crippen LogP contribution in [0.25, 0.3) is 0 Å². The van der Waals surface area contributed by atoms with Gasteiger partial charge < -0.3 is 19.2 Å². The van der Waals surface area contributed by atoms with Crippen molar-refractivity contribution in [1.82, 2.24) is 10.3 Å². The molecule has 2 aromatic carbocycles. The topological polar surface area (TPSA) is 73.6 Å². The van der Waals surface area contributed by atoms with Gasteiger partial charge in [0.15, 0.2) is 12.3 Å². The third kappa shape index (κ3) is 5.73. The number of nitrogens with one attached hydrogen (secondary N) is 1. The summed E-state index contributed by atoms with van der Waals surface area (Å²) in [6.07, 6.45) is 1.23. The van der Waals surface area contributed by atoms with Crippen molar-refractivity contribution >= 4 is 29.2 Å². The zero-order chi connectivity index (χ0) is 20.8. The first-order valence-electron chi connectivity index (χ1n) is 8.89. The van der Waals surface area contributed by atoms with Crippen molar-refractivity contribution in [2.45, 2.75) is 26.1 Å². The van der Waals surface area contributed by atoms with Crippen molar-refractivity contribution in [3.8, 4) is 5.75 Å². The number of benzene rings is 2. The van der Waals surface area contributed by atoms with Gasteiger partial charge in [-0.1, -0.05) is 41.4 Å². The third-order valence-electron chi connectivity index (χ3n) is 4.25. The molecule has 0 saturated carbocycles. The Labute approximate surface area is 178 Å². The minimum Gasteiger partial charge on any atom is -0.482 e. The second-order valence-corrected chi connectivity index (χ2v) is 7.17. The number of nitrogens with zero attached hydrogens (tertiary/aromatic N) is 1. The third-order valence-corrected chi connectivity index (χ3v) is 4.80. The van der Waals surface area contributed by atoms with E-state index in [9.17, 15) is 4.79 Å². The Hall–Kier alpha value is -2.54. The van der Waals surface area contributed by atoms with Crippen LogP contribution in [-0.4, -0.2) is 18.1 Å². The summed E-state index contributed by atoms with van der Waals surface area (Å²) in [7, 11) is 1.28. The maximum Gasteiger partial charge on any atom is 0.360 e. The summed E-state index contributed by atoms with van der Waals surface area (Å²) in [4.78, 5) is 15.4. The van der Waals surface area contributed by atoms with Crippen LogP contribution in [0, 0.1) is 0 Å². The highest BCUT2D eigenvalue weighted by Gasteiger charge is 2.13. The molecular weight excluding hydrogens is 415 g/mol. The van der Waals surface area contributed by atoms with Crippen LogP contribution in [0.3, 0.4) is 0 Å². The predicted molar refractivity (Wildman–Crippen MR) is 110 cm³/mol. The number of aromatic nitrogens is 1. The summed E-state index contributed by atoms with van der Waals surface area (Å²) in [5, 5.41) is 4.62. The fourth-order valence-electron chi connectivity index (χ4n) is 2.65. The minimum absolute atomic E-state index is 0.0342. The molecule has 3 rings (SSSR count). The van der Waals surface area contributed by atoms with E-state index >= 15 is 0 Å². The Kier molecular flexibility index (Phi) is 7.14. The first-order valence-corrected chi connectivity index (χ1v) is 9.64. The van der Waals surface area contributed by atoms with Crippen LogP contribution in [0.4, 0.5) is 0 Å². The Balaban J connectivity index is 1.60. The van der Waals surface area contributed by atoms with Gasteiger partial charge in [0, 0.05) is 17.6 Å². The van der Waals surface area contributed by atoms with Crippen LogP contribution in [0.15, 0.2) is 53.1 Å². The summed E-state index contributed by atoms with van der Waals surface area (Å²) in [5.41, 5.74) is 2.19. The lowest BCUT2D eigenvalue weighted by Crippen LogP contribution is -2.18. The Morgan fingerprint density at radius 3 is 2.83 bits per heavy atom. The highest BCUT2D eigenvalue weighted by molar-refractivity contribution is 6.32. The number of hydrogen-bond acceptors (Lipinski definition) is 6. The summed E-state index contributed by atoms with van der Waals surface area (Å²) >= 11 is 12.3. The van der Waals surface area contributed by atoms with Gasteiger partial charge in [0.25, 0.3) is 0 Å². The van der Waals surface area contributed by atoms with Gasteiger partial charge in [0.1, 0.15) is 12.0 Å². The molecule has 6 nitrogen and oxygen atoms in total. The zero-order valence-electron chi connectivity index (χ0n) is 15.9. The Bertz CT molecular complexity index is 990. The molecule has 0 amide bonds. The van der Waals surface area contributed by atoms with E-state index in [1.54, 1.807) is 6.07 Å². The lowest BCUT2D eigenvalue weighted by molar-refractivity contribution is 0.0594. The lowest BCUT2D eigenvalue weighted by atomic mass is 10.1. The first kappa shape index (κ1) is 21.2. The fraction of sp³-hybridized carbons (Fsp3) is 0.238. The van der Waals surface area contributed by atoms with Crippen LogP contribution in [0.1, 0.15) is 40.5 Å². The number of hydrogen-bond donors (Lipinski definition) is 1. The smallest absolute Gasteiger partial charge is 0.360 e. The van der Waals surface area contributed by atoms with E-state index in [0.717, 1.165) is 11.1 Å². The van der Waals surface area contributed by atoms with E-state index in [0.29, 0.717) is 22.3 Å². The number of methoxy groups -OCH3 is 1. The molecule has 0 radical (unpaired) electrons. The van der Waals surface area contributed by atoms with Gasteiger partial charge in [-0.2, -0.15) is 0 Å². The Morgan fingerprint density at radius 1 is 1.24 bits per heavy atom. The SMILES string of the molecule is COC(=O)c1coc(COc2cc(CNC(C)c3cccc(Cl)c3)ccc2Cl)n1. The number of carbonyl (C=O) groups is 1. The van der Waals surface area contributed by atoms with Gasteiger partial charge in [-0.25, -0.2) is 9.78 Å². The second kappa shape index (κ2) is 9.78. The summed E-state index contributed by atoms with van der Waals surface area (Å²) in [6.45, 7) is 2.72. The van der Waals surface area contributed by atoms with Crippen molar-refractivity contribution in [2.75, 3.05) is 7.11 Å². The van der Waals surface area contributed by atoms with Crippen LogP contribution < -0.4 is 10.1 Å². The minimum atomic E-state index is -0.570. The van der Waals surface area contributed by atoms with Crippen LogP contribution in [0.2, 0.25) is 10.0 Å². The number of rotatable bonds is 8. The van der Waals surface area contributed by atoms with Gasteiger partial charge >= 0.3 is 5.97 Å². The fourth-order valence-corrected chi connectivity index (χ4v) is 3.02. The van der Waals surface area contributed by atoms with E-state index in [1.165, 1.54) is 13.4 Å². The molecule has 0 saturated heterocycles. The molecule has 0 fully saturated rings. The maximum atomic E-state index is 11.4. The zero-order valence-corrected chi connectivity index (χ0v) is 17.5. The quantitative estimate of drug-likeness (QED) is 0.491. The predicted octanol–water partition coefficient (Wildman–Crippen LogP) is 5.20. The van der Waals surface area contributed by atoms with Crippen LogP contribution in [0.5, 0.6) is 5.75 Å². The van der Waals surface area contributed by atoms with E-state index in [2.05, 4.69) is 22.0 Å². The summed E-state index contributed by atoms with van der Waals surface area (Å²) in [5.74, 6) is 0.179. The molecule has 1 atom stereocenters. The molecule has 29 heavy (non-hydrogen) atoms. The standard InChI is InChI=1S/C21H20Cl2N2O4/c1-13(15-4-3-5-16(22)9-15)24-10-14-6-7-17(23)19(8-14)28-12-20-25-18(11-29-20)21(26)27-2/h3-9,11,13,24H,10,12H2,1-2H3. The average molecular weight is 435 g/mol. The number of carbonyl (C=O) groups excluding carboxylic acids is 1. The van der Waals surface area contributed by atoms with Crippen molar-refractivity contribution < 1.29 is 18.7 Å². The van der Waals surface area contributed by atoms with Crippen molar-refractivity contribution in [1.29, 1.82) is 0 Å². The highest BCUT2D eigenvalue weighted by Crippen LogP contribution is 2.27. The van der Waals surface area contributed by atoms with E-state index in [4.69, 9.17) is 32.4 Å². The van der Waals surface area contributed by atoms with E-state index in [1.807, 2.05) is 36.4 Å². The molecule has 0 aliphatic carbocycles. The molecule has 152 valence electrons. The van der Waals surface area contributed by atoms with Gasteiger partial charge in [0.2, 0.25) is 5.89 Å². The number of halogens is 2. The lowest BCUT2D eigenvalue weighted by Gasteiger charge is -2.15. The van der Waals surface area contributed by atoms with Crippen LogP contribution >= 0.6 is 23.2 Å². The molecule has 8 heteroatoms. The molecule has 1 aromatic heterocycles. The van der Waals surface area contributed by atoms with Gasteiger partial charge in [-0.3, -0.25) is 0 Å². The number of ether oxygens (including phenoxy) is 2. The molecule has 0 bridgehead atoms. The molecule has 1 heterocycles. The molecule has 0 aliphatic rings. The molecular formula is C21H20Cl2N2O4. The van der Waals surface area contributed by atoms with E-state index < -0.39 is 5.97 Å². The summed E-state index contributed by atoms with van der Waals surface area (Å²) in [6, 6.07) is 13.4. The molecule has 0 spiro atoms. The molecule has 1 unspecified atom stereocenters. The normalized spacial score (nSPS) is 11.9. The van der Waals surface area contributed by atoms with Gasteiger partial charge in [-0.15, -0.1) is 0 Å². The van der Waals surface area contributed by atoms with Gasteiger partial charge in [0.05, 0.1) is 12.1 Å². The summed E-state index contributed by atoms with van der Waals surface area (Å²) < 4.78 is 15.5. The Morgan fingerprint density at radius 2 is 2.07 bits per heavy atom. The first-order chi connectivity index (χ1) is 14.0. The van der Waals surface area contributed by atoms with Crippen molar-refractivity contribution in [3.63, 3.8) is 0 Å². The number of oxazole rings is 1. The second-order valence-electron chi connectivity index (χ2n) is 6.33.